The summed E-state index contributed by atoms with van der Waals surface area (Å²) in [5.41, 5.74) is 1.94. The van der Waals surface area contributed by atoms with E-state index in [4.69, 9.17) is 21.7 Å². The summed E-state index contributed by atoms with van der Waals surface area (Å²) < 4.78 is 12.2. The number of carbonyl (C=O) groups is 1. The molecule has 0 radical (unpaired) electrons. The van der Waals surface area contributed by atoms with E-state index >= 15 is 0 Å². The Morgan fingerprint density at radius 3 is 2.31 bits per heavy atom. The number of carbonyl (C=O) groups excluding carboxylic acids is 1. The van der Waals surface area contributed by atoms with E-state index in [-0.39, 0.29) is 5.91 Å². The molecule has 0 aliphatic carbocycles. The number of aryl methyl sites for hydroxylation is 1. The largest absolute Gasteiger partial charge is 0.490 e. The van der Waals surface area contributed by atoms with Crippen molar-refractivity contribution in [1.29, 1.82) is 0 Å². The molecule has 0 unspecified atom stereocenters. The van der Waals surface area contributed by atoms with E-state index in [1.807, 2.05) is 61.5 Å². The van der Waals surface area contributed by atoms with E-state index in [1.54, 1.807) is 7.05 Å². The maximum Gasteiger partial charge on any atom is 0.265 e. The van der Waals surface area contributed by atoms with Crippen LogP contribution in [0, 0.1) is 6.92 Å². The van der Waals surface area contributed by atoms with Crippen molar-refractivity contribution in [1.82, 2.24) is 4.90 Å². The van der Waals surface area contributed by atoms with Crippen LogP contribution in [-0.4, -0.2) is 35.4 Å². The smallest absolute Gasteiger partial charge is 0.265 e. The van der Waals surface area contributed by atoms with Crippen LogP contribution in [0.25, 0.3) is 6.08 Å². The van der Waals surface area contributed by atoms with Gasteiger partial charge in [-0.05, 0) is 30.7 Å². The summed E-state index contributed by atoms with van der Waals surface area (Å²) in [6.07, 6.45) is 1.82. The topological polar surface area (TPSA) is 38.8 Å². The number of amides is 1. The van der Waals surface area contributed by atoms with Crippen LogP contribution >= 0.6 is 24.0 Å². The van der Waals surface area contributed by atoms with E-state index in [0.717, 1.165) is 16.9 Å². The third-order valence-corrected chi connectivity index (χ3v) is 5.37. The predicted molar refractivity (Wildman–Crippen MR) is 110 cm³/mol. The highest BCUT2D eigenvalue weighted by Gasteiger charge is 2.28. The van der Waals surface area contributed by atoms with E-state index in [1.165, 1.54) is 16.7 Å². The van der Waals surface area contributed by atoms with Crippen molar-refractivity contribution in [3.8, 4) is 11.5 Å². The molecule has 0 N–H and O–H groups in total. The second kappa shape index (κ2) is 8.38. The Labute approximate surface area is 162 Å². The Morgan fingerprint density at radius 1 is 1.04 bits per heavy atom. The van der Waals surface area contributed by atoms with Gasteiger partial charge in [0.2, 0.25) is 0 Å². The lowest BCUT2D eigenvalue weighted by Gasteiger charge is -2.12. The van der Waals surface area contributed by atoms with Crippen molar-refractivity contribution in [3.05, 3.63) is 64.6 Å². The molecule has 1 heterocycles. The van der Waals surface area contributed by atoms with E-state index in [2.05, 4.69) is 0 Å². The molecule has 0 atom stereocenters. The first-order valence-corrected chi connectivity index (χ1v) is 9.40. The zero-order valence-corrected chi connectivity index (χ0v) is 16.2. The quantitative estimate of drug-likeness (QED) is 0.421. The molecule has 0 aromatic heterocycles. The Balaban J connectivity index is 1.64. The first-order valence-electron chi connectivity index (χ1n) is 8.18. The molecule has 1 aliphatic heterocycles. The van der Waals surface area contributed by atoms with Gasteiger partial charge in [-0.15, -0.1) is 0 Å². The first kappa shape index (κ1) is 18.5. The fraction of sp³-hybridized carbons (Fsp3) is 0.200. The molecule has 26 heavy (non-hydrogen) atoms. The number of thioether (sulfide) groups is 1. The maximum atomic E-state index is 12.2. The Bertz CT molecular complexity index is 864. The molecule has 4 nitrogen and oxygen atoms in total. The van der Waals surface area contributed by atoms with Crippen LogP contribution < -0.4 is 9.47 Å². The zero-order chi connectivity index (χ0) is 18.5. The van der Waals surface area contributed by atoms with Crippen molar-refractivity contribution in [2.24, 2.45) is 0 Å². The molecule has 2 aromatic carbocycles. The minimum atomic E-state index is -0.0855. The van der Waals surface area contributed by atoms with Crippen LogP contribution in [0.15, 0.2) is 53.4 Å². The monoisotopic (exact) mass is 385 g/mol. The van der Waals surface area contributed by atoms with Crippen LogP contribution in [0.2, 0.25) is 0 Å². The second-order valence-electron chi connectivity index (χ2n) is 5.74. The highest BCUT2D eigenvalue weighted by molar-refractivity contribution is 8.26. The van der Waals surface area contributed by atoms with Gasteiger partial charge in [-0.2, -0.15) is 0 Å². The fourth-order valence-electron chi connectivity index (χ4n) is 2.44. The van der Waals surface area contributed by atoms with E-state index < -0.39 is 0 Å². The summed E-state index contributed by atoms with van der Waals surface area (Å²) >= 11 is 6.47. The van der Waals surface area contributed by atoms with Gasteiger partial charge in [0, 0.05) is 12.6 Å². The van der Waals surface area contributed by atoms with Gasteiger partial charge in [0.15, 0.2) is 0 Å². The summed E-state index contributed by atoms with van der Waals surface area (Å²) in [5.74, 6) is 1.48. The normalized spacial score (nSPS) is 15.6. The number of nitrogens with zero attached hydrogens (tertiary/aromatic N) is 1. The van der Waals surface area contributed by atoms with Gasteiger partial charge < -0.3 is 9.47 Å². The van der Waals surface area contributed by atoms with Crippen LogP contribution in [-0.2, 0) is 4.79 Å². The number of likely N-dealkylation sites (N-methyl/N-ethyl adjacent to an activating group) is 1. The van der Waals surface area contributed by atoms with Crippen molar-refractivity contribution in [2.45, 2.75) is 6.92 Å². The van der Waals surface area contributed by atoms with Crippen molar-refractivity contribution < 1.29 is 14.3 Å². The van der Waals surface area contributed by atoms with Crippen LogP contribution in [0.3, 0.4) is 0 Å². The van der Waals surface area contributed by atoms with Crippen molar-refractivity contribution in [3.63, 3.8) is 0 Å². The average Bonchev–Trinajstić information content (AvgIpc) is 2.88. The summed E-state index contributed by atoms with van der Waals surface area (Å²) in [4.78, 5) is 14.2. The molecule has 134 valence electrons. The number of para-hydroxylation sites is 2. The lowest BCUT2D eigenvalue weighted by Crippen LogP contribution is -2.22. The molecule has 0 saturated carbocycles. The summed E-state index contributed by atoms with van der Waals surface area (Å²) in [5, 5.41) is 0. The standard InChI is InChI=1S/C20H19NO3S2/c1-14-7-3-5-9-16(14)23-11-12-24-17-10-6-4-8-15(17)13-18-19(22)21(2)20(25)26-18/h3-10,13H,11-12H2,1-2H3/b18-13-. The molecule has 1 amide bonds. The highest BCUT2D eigenvalue weighted by Crippen LogP contribution is 2.33. The number of rotatable bonds is 6. The molecule has 1 aliphatic rings. The fourth-order valence-corrected chi connectivity index (χ4v) is 3.61. The summed E-state index contributed by atoms with van der Waals surface area (Å²) in [6, 6.07) is 15.5. The molecule has 3 rings (SSSR count). The van der Waals surface area contributed by atoms with E-state index in [0.29, 0.717) is 28.2 Å². The van der Waals surface area contributed by atoms with Crippen LogP contribution in [0.4, 0.5) is 0 Å². The SMILES string of the molecule is Cc1ccccc1OCCOc1ccccc1/C=C1\SC(=S)N(C)C1=O. The van der Waals surface area contributed by atoms with Gasteiger partial charge in [-0.3, -0.25) is 9.69 Å². The highest BCUT2D eigenvalue weighted by atomic mass is 32.2. The third-order valence-electron chi connectivity index (χ3n) is 3.88. The second-order valence-corrected chi connectivity index (χ2v) is 7.42. The van der Waals surface area contributed by atoms with Crippen molar-refractivity contribution >= 4 is 40.3 Å². The van der Waals surface area contributed by atoms with Gasteiger partial charge in [0.1, 0.15) is 29.0 Å². The zero-order valence-electron chi connectivity index (χ0n) is 14.6. The van der Waals surface area contributed by atoms with Gasteiger partial charge in [0.05, 0.1) is 4.91 Å². The maximum absolute atomic E-state index is 12.2. The molecule has 0 spiro atoms. The Kier molecular flexibility index (Phi) is 5.96. The Morgan fingerprint density at radius 2 is 1.65 bits per heavy atom. The number of thiocarbonyl (C=S) groups is 1. The average molecular weight is 386 g/mol. The van der Waals surface area contributed by atoms with Gasteiger partial charge in [0.25, 0.3) is 5.91 Å². The summed E-state index contributed by atoms with van der Waals surface area (Å²) in [6.45, 7) is 2.86. The number of hydrogen-bond acceptors (Lipinski definition) is 5. The van der Waals surface area contributed by atoms with Gasteiger partial charge >= 0.3 is 0 Å². The van der Waals surface area contributed by atoms with Crippen LogP contribution in [0.1, 0.15) is 11.1 Å². The predicted octanol–water partition coefficient (Wildman–Crippen LogP) is 4.28. The Hall–Kier alpha value is -2.31. The van der Waals surface area contributed by atoms with Crippen LogP contribution in [0.5, 0.6) is 11.5 Å². The molecule has 0 bridgehead atoms. The minimum Gasteiger partial charge on any atom is -0.490 e. The lowest BCUT2D eigenvalue weighted by molar-refractivity contribution is -0.121. The number of ether oxygens (including phenoxy) is 2. The van der Waals surface area contributed by atoms with Crippen molar-refractivity contribution in [2.75, 3.05) is 20.3 Å². The number of benzene rings is 2. The summed E-state index contributed by atoms with van der Waals surface area (Å²) in [7, 11) is 1.68. The molecular weight excluding hydrogens is 366 g/mol. The van der Waals surface area contributed by atoms with Gasteiger partial charge in [-0.25, -0.2) is 0 Å². The third kappa shape index (κ3) is 4.26. The minimum absolute atomic E-state index is 0.0855. The lowest BCUT2D eigenvalue weighted by atomic mass is 10.2. The first-order chi connectivity index (χ1) is 12.6. The molecular formula is C20H19NO3S2. The van der Waals surface area contributed by atoms with Gasteiger partial charge in [-0.1, -0.05) is 60.4 Å². The molecule has 1 saturated heterocycles. The molecule has 6 heteroatoms. The molecule has 1 fully saturated rings. The van der Waals surface area contributed by atoms with E-state index in [9.17, 15) is 4.79 Å². The molecule has 2 aromatic rings. The number of hydrogen-bond donors (Lipinski definition) is 0.